The van der Waals surface area contributed by atoms with Crippen LogP contribution in [0.15, 0.2) is 66.0 Å². The zero-order chi connectivity index (χ0) is 23.0. The maximum atomic E-state index is 12.5. The number of nitrogens with one attached hydrogen (secondary N) is 2. The van der Waals surface area contributed by atoms with E-state index in [-0.39, 0.29) is 6.04 Å². The third kappa shape index (κ3) is 5.80. The maximum Gasteiger partial charge on any atom is 0.309 e. The Labute approximate surface area is 198 Å². The van der Waals surface area contributed by atoms with E-state index < -0.39 is 11.8 Å². The van der Waals surface area contributed by atoms with Gasteiger partial charge in [-0.15, -0.1) is 11.3 Å². The van der Waals surface area contributed by atoms with Crippen molar-refractivity contribution in [3.63, 3.8) is 0 Å². The quantitative estimate of drug-likeness (QED) is 0.503. The fourth-order valence-electron chi connectivity index (χ4n) is 4.24. The van der Waals surface area contributed by atoms with E-state index in [2.05, 4.69) is 45.9 Å². The molecule has 2 aromatic carbocycles. The first kappa shape index (κ1) is 23.0. The van der Waals surface area contributed by atoms with Crippen LogP contribution in [0.5, 0.6) is 5.75 Å². The number of hydrogen-bond acceptors (Lipinski definition) is 5. The molecule has 33 heavy (non-hydrogen) atoms. The number of thiophene rings is 1. The highest BCUT2D eigenvalue weighted by atomic mass is 32.1. The van der Waals surface area contributed by atoms with Gasteiger partial charge in [-0.05, 0) is 47.0 Å². The van der Waals surface area contributed by atoms with E-state index in [0.717, 1.165) is 30.8 Å². The molecule has 172 valence electrons. The maximum absolute atomic E-state index is 12.5. The van der Waals surface area contributed by atoms with Crippen LogP contribution < -0.4 is 15.4 Å². The standard InChI is InChI=1S/C26H29N3O3S/c1-32-23-10-5-4-8-20(23)12-14-27-25(30)26(31)28-17-22(24-11-6-16-33-24)29-15-13-19-7-2-3-9-21(19)18-29/h2-11,16,22H,12-15,17-18H2,1H3,(H,27,30)(H,28,31). The first-order valence-corrected chi connectivity index (χ1v) is 12.1. The first-order chi connectivity index (χ1) is 16.2. The molecule has 1 aliphatic rings. The van der Waals surface area contributed by atoms with E-state index in [1.807, 2.05) is 35.7 Å². The van der Waals surface area contributed by atoms with Crippen molar-refractivity contribution in [2.45, 2.75) is 25.4 Å². The molecule has 0 fully saturated rings. The Morgan fingerprint density at radius 3 is 2.55 bits per heavy atom. The normalized spacial score (nSPS) is 14.2. The number of nitrogens with zero attached hydrogens (tertiary/aromatic N) is 1. The Balaban J connectivity index is 1.32. The summed E-state index contributed by atoms with van der Waals surface area (Å²) in [6, 6.07) is 20.3. The highest BCUT2D eigenvalue weighted by Crippen LogP contribution is 2.30. The molecule has 0 saturated heterocycles. The van der Waals surface area contributed by atoms with E-state index in [0.29, 0.717) is 19.5 Å². The van der Waals surface area contributed by atoms with Crippen molar-refractivity contribution in [2.75, 3.05) is 26.7 Å². The van der Waals surface area contributed by atoms with Crippen LogP contribution in [0.2, 0.25) is 0 Å². The lowest BCUT2D eigenvalue weighted by Crippen LogP contribution is -2.45. The first-order valence-electron chi connectivity index (χ1n) is 11.2. The Morgan fingerprint density at radius 2 is 1.76 bits per heavy atom. The predicted octanol–water partition coefficient (Wildman–Crippen LogP) is 3.33. The molecule has 2 heterocycles. The number of amides is 2. The molecular formula is C26H29N3O3S. The second kappa shape index (κ2) is 11.1. The Kier molecular flexibility index (Phi) is 7.75. The minimum atomic E-state index is -0.612. The monoisotopic (exact) mass is 463 g/mol. The van der Waals surface area contributed by atoms with Gasteiger partial charge in [0.1, 0.15) is 5.75 Å². The van der Waals surface area contributed by atoms with Gasteiger partial charge < -0.3 is 15.4 Å². The third-order valence-electron chi connectivity index (χ3n) is 6.01. The Morgan fingerprint density at radius 1 is 1.00 bits per heavy atom. The molecule has 0 radical (unpaired) electrons. The Bertz CT molecular complexity index is 1080. The van der Waals surface area contributed by atoms with E-state index in [9.17, 15) is 9.59 Å². The predicted molar refractivity (Wildman–Crippen MR) is 130 cm³/mol. The van der Waals surface area contributed by atoms with Crippen molar-refractivity contribution in [3.8, 4) is 5.75 Å². The van der Waals surface area contributed by atoms with Crippen LogP contribution in [0, 0.1) is 0 Å². The van der Waals surface area contributed by atoms with Crippen molar-refractivity contribution in [3.05, 3.63) is 87.6 Å². The van der Waals surface area contributed by atoms with Crippen molar-refractivity contribution >= 4 is 23.2 Å². The fraction of sp³-hybridized carbons (Fsp3) is 0.308. The minimum Gasteiger partial charge on any atom is -0.496 e. The molecule has 1 aromatic heterocycles. The summed E-state index contributed by atoms with van der Waals surface area (Å²) in [5.74, 6) is -0.439. The third-order valence-corrected chi connectivity index (χ3v) is 6.98. The summed E-state index contributed by atoms with van der Waals surface area (Å²) >= 11 is 1.68. The van der Waals surface area contributed by atoms with Gasteiger partial charge in [0.05, 0.1) is 13.2 Å². The van der Waals surface area contributed by atoms with E-state index >= 15 is 0 Å². The molecule has 1 unspecified atom stereocenters. The molecule has 0 saturated carbocycles. The summed E-state index contributed by atoms with van der Waals surface area (Å²) in [6.07, 6.45) is 1.57. The molecule has 2 amide bonds. The highest BCUT2D eigenvalue weighted by molar-refractivity contribution is 7.10. The van der Waals surface area contributed by atoms with Gasteiger partial charge in [-0.1, -0.05) is 48.5 Å². The lowest BCUT2D eigenvalue weighted by Gasteiger charge is -2.35. The van der Waals surface area contributed by atoms with Crippen molar-refractivity contribution in [2.24, 2.45) is 0 Å². The number of rotatable bonds is 8. The van der Waals surface area contributed by atoms with Gasteiger partial charge in [-0.25, -0.2) is 0 Å². The topological polar surface area (TPSA) is 70.7 Å². The lowest BCUT2D eigenvalue weighted by atomic mass is 9.98. The van der Waals surface area contributed by atoms with Crippen LogP contribution in [0.1, 0.15) is 27.6 Å². The number of hydrogen-bond donors (Lipinski definition) is 2. The van der Waals surface area contributed by atoms with Gasteiger partial charge in [0.2, 0.25) is 0 Å². The SMILES string of the molecule is COc1ccccc1CCNC(=O)C(=O)NCC(c1cccs1)N1CCc2ccccc2C1. The molecule has 0 bridgehead atoms. The van der Waals surface area contributed by atoms with Crippen molar-refractivity contribution < 1.29 is 14.3 Å². The van der Waals surface area contributed by atoms with Gasteiger partial charge in [-0.3, -0.25) is 14.5 Å². The second-order valence-corrected chi connectivity index (χ2v) is 9.03. The fourth-order valence-corrected chi connectivity index (χ4v) is 5.11. The summed E-state index contributed by atoms with van der Waals surface area (Å²) in [5.41, 5.74) is 3.70. The number of carbonyl (C=O) groups is 2. The van der Waals surface area contributed by atoms with Crippen LogP contribution in [0.3, 0.4) is 0 Å². The molecule has 6 nitrogen and oxygen atoms in total. The average Bonchev–Trinajstić information content (AvgIpc) is 3.39. The van der Waals surface area contributed by atoms with Crippen molar-refractivity contribution in [1.82, 2.24) is 15.5 Å². The van der Waals surface area contributed by atoms with E-state index in [1.54, 1.807) is 18.4 Å². The second-order valence-electron chi connectivity index (χ2n) is 8.05. The lowest BCUT2D eigenvalue weighted by molar-refractivity contribution is -0.139. The number of carbonyl (C=O) groups excluding carboxylic acids is 2. The zero-order valence-electron chi connectivity index (χ0n) is 18.8. The summed E-state index contributed by atoms with van der Waals surface area (Å²) in [7, 11) is 1.62. The van der Waals surface area contributed by atoms with Crippen LogP contribution in [-0.4, -0.2) is 43.5 Å². The van der Waals surface area contributed by atoms with Crippen LogP contribution in [-0.2, 0) is 29.0 Å². The van der Waals surface area contributed by atoms with E-state index in [1.165, 1.54) is 16.0 Å². The molecular weight excluding hydrogens is 434 g/mol. The molecule has 3 aromatic rings. The average molecular weight is 464 g/mol. The molecule has 7 heteroatoms. The minimum absolute atomic E-state index is 0.0312. The van der Waals surface area contributed by atoms with Gasteiger partial charge >= 0.3 is 11.8 Å². The van der Waals surface area contributed by atoms with Gasteiger partial charge in [0, 0.05) is 31.1 Å². The van der Waals surface area contributed by atoms with Gasteiger partial charge in [0.15, 0.2) is 0 Å². The largest absolute Gasteiger partial charge is 0.496 e. The number of methoxy groups -OCH3 is 1. The zero-order valence-corrected chi connectivity index (χ0v) is 19.6. The summed E-state index contributed by atoms with van der Waals surface area (Å²) in [5, 5.41) is 7.62. The van der Waals surface area contributed by atoms with Gasteiger partial charge in [-0.2, -0.15) is 0 Å². The van der Waals surface area contributed by atoms with Crippen LogP contribution in [0.25, 0.3) is 0 Å². The summed E-state index contributed by atoms with van der Waals surface area (Å²) in [4.78, 5) is 28.4. The molecule has 1 atom stereocenters. The molecule has 2 N–H and O–H groups in total. The summed E-state index contributed by atoms with van der Waals surface area (Å²) < 4.78 is 5.33. The number of fused-ring (bicyclic) bond motifs is 1. The molecule has 0 aliphatic carbocycles. The highest BCUT2D eigenvalue weighted by Gasteiger charge is 2.26. The van der Waals surface area contributed by atoms with Crippen LogP contribution >= 0.6 is 11.3 Å². The van der Waals surface area contributed by atoms with Crippen molar-refractivity contribution in [1.29, 1.82) is 0 Å². The van der Waals surface area contributed by atoms with Gasteiger partial charge in [0.25, 0.3) is 0 Å². The number of para-hydroxylation sites is 1. The number of ether oxygens (including phenoxy) is 1. The summed E-state index contributed by atoms with van der Waals surface area (Å²) in [6.45, 7) is 2.51. The molecule has 0 spiro atoms. The smallest absolute Gasteiger partial charge is 0.309 e. The molecule has 1 aliphatic heterocycles. The van der Waals surface area contributed by atoms with Crippen LogP contribution in [0.4, 0.5) is 0 Å². The van der Waals surface area contributed by atoms with E-state index in [4.69, 9.17) is 4.74 Å². The molecule has 4 rings (SSSR count). The number of benzene rings is 2. The Hall–Kier alpha value is -3.16.